The Labute approximate surface area is 79.5 Å². The van der Waals surface area contributed by atoms with E-state index < -0.39 is 6.10 Å². The Bertz CT molecular complexity index is 168. The van der Waals surface area contributed by atoms with Gasteiger partial charge in [0.15, 0.2) is 6.10 Å². The minimum Gasteiger partial charge on any atom is -0.375 e. The van der Waals surface area contributed by atoms with Gasteiger partial charge in [-0.3, -0.25) is 0 Å². The summed E-state index contributed by atoms with van der Waals surface area (Å²) in [5.41, 5.74) is 0. The van der Waals surface area contributed by atoms with Gasteiger partial charge in [0.25, 0.3) is 0 Å². The number of ether oxygens (including phenoxy) is 1. The van der Waals surface area contributed by atoms with Crippen LogP contribution in [0.2, 0.25) is 0 Å². The molecule has 62 valence electrons. The second kappa shape index (κ2) is 4.24. The van der Waals surface area contributed by atoms with E-state index in [1.807, 2.05) is 0 Å². The van der Waals surface area contributed by atoms with E-state index in [1.54, 1.807) is 6.07 Å². The van der Waals surface area contributed by atoms with Crippen LogP contribution in [0.5, 0.6) is 0 Å². The summed E-state index contributed by atoms with van der Waals surface area (Å²) in [6, 6.07) is 1.78. The van der Waals surface area contributed by atoms with Crippen molar-refractivity contribution in [1.82, 2.24) is 0 Å². The highest BCUT2D eigenvalue weighted by Crippen LogP contribution is 2.23. The van der Waals surface area contributed by atoms with Gasteiger partial charge in [0, 0.05) is 4.43 Å². The van der Waals surface area contributed by atoms with Crippen molar-refractivity contribution in [3.05, 3.63) is 0 Å². The number of aliphatic hydroxyl groups is 1. The van der Waals surface area contributed by atoms with Gasteiger partial charge in [0.1, 0.15) is 0 Å². The van der Waals surface area contributed by atoms with Crippen LogP contribution in [0.1, 0.15) is 12.8 Å². The highest BCUT2D eigenvalue weighted by Gasteiger charge is 2.29. The number of hydrogen-bond acceptors (Lipinski definition) is 3. The molecule has 3 atom stereocenters. The first-order valence-electron chi connectivity index (χ1n) is 3.57. The fourth-order valence-electron chi connectivity index (χ4n) is 1.16. The van der Waals surface area contributed by atoms with Gasteiger partial charge in [0.2, 0.25) is 0 Å². The predicted octanol–water partition coefficient (Wildman–Crippen LogP) is 0.853. The molecule has 0 aromatic rings. The first-order chi connectivity index (χ1) is 5.27. The number of rotatable bonds is 2. The van der Waals surface area contributed by atoms with Crippen LogP contribution in [0.15, 0.2) is 0 Å². The molecule has 3 nitrogen and oxygen atoms in total. The molecule has 1 aliphatic rings. The molecule has 0 bridgehead atoms. The van der Waals surface area contributed by atoms with Gasteiger partial charge in [-0.15, -0.1) is 0 Å². The minimum absolute atomic E-state index is 0.239. The predicted molar refractivity (Wildman–Crippen MR) is 48.4 cm³/mol. The van der Waals surface area contributed by atoms with Crippen LogP contribution >= 0.6 is 22.6 Å². The van der Waals surface area contributed by atoms with E-state index in [-0.39, 0.29) is 12.2 Å². The van der Waals surface area contributed by atoms with E-state index in [2.05, 4.69) is 22.6 Å². The van der Waals surface area contributed by atoms with E-state index in [1.165, 1.54) is 0 Å². The Kier molecular flexibility index (Phi) is 3.55. The van der Waals surface area contributed by atoms with Crippen molar-refractivity contribution < 1.29 is 9.84 Å². The smallest absolute Gasteiger partial charge is 0.166 e. The quantitative estimate of drug-likeness (QED) is 0.458. The third-order valence-corrected chi connectivity index (χ3v) is 2.78. The molecule has 1 heterocycles. The molecule has 0 unspecified atom stereocenters. The van der Waals surface area contributed by atoms with E-state index >= 15 is 0 Å². The fraction of sp³-hybridized carbons (Fsp3) is 0.857. The van der Waals surface area contributed by atoms with Gasteiger partial charge < -0.3 is 9.84 Å². The normalized spacial score (nSPS) is 33.2. The summed E-state index contributed by atoms with van der Waals surface area (Å²) in [5.74, 6) is 0. The maximum absolute atomic E-state index is 9.08. The Hall–Kier alpha value is 0.140. The molecule has 0 amide bonds. The Morgan fingerprint density at radius 1 is 1.73 bits per heavy atom. The number of hydrogen-bond donors (Lipinski definition) is 1. The van der Waals surface area contributed by atoms with E-state index in [0.29, 0.717) is 0 Å². The van der Waals surface area contributed by atoms with Crippen molar-refractivity contribution >= 4 is 22.6 Å². The average molecular weight is 267 g/mol. The molecule has 0 spiro atoms. The van der Waals surface area contributed by atoms with Crippen LogP contribution in [0.4, 0.5) is 0 Å². The summed E-state index contributed by atoms with van der Waals surface area (Å²) >= 11 is 2.25. The molecule has 0 aliphatic carbocycles. The van der Waals surface area contributed by atoms with Crippen LogP contribution in [0.25, 0.3) is 0 Å². The maximum Gasteiger partial charge on any atom is 0.166 e. The summed E-state index contributed by atoms with van der Waals surface area (Å²) in [6.45, 7) is 0. The molecule has 11 heavy (non-hydrogen) atoms. The molecule has 0 aromatic carbocycles. The highest BCUT2D eigenvalue weighted by atomic mass is 127. The molecule has 0 aromatic heterocycles. The molecule has 1 fully saturated rings. The molecule has 1 saturated heterocycles. The lowest BCUT2D eigenvalue weighted by Crippen LogP contribution is -2.24. The largest absolute Gasteiger partial charge is 0.375 e. The lowest BCUT2D eigenvalue weighted by molar-refractivity contribution is -0.00348. The molecular weight excluding hydrogens is 257 g/mol. The van der Waals surface area contributed by atoms with Crippen LogP contribution in [-0.2, 0) is 4.74 Å². The average Bonchev–Trinajstić information content (AvgIpc) is 2.50. The van der Waals surface area contributed by atoms with Crippen molar-refractivity contribution in [1.29, 1.82) is 5.26 Å². The van der Waals surface area contributed by atoms with Crippen LogP contribution in [0.3, 0.4) is 0 Å². The molecular formula is C7H10INO2. The summed E-state index contributed by atoms with van der Waals surface area (Å²) < 4.78 is 6.32. The summed E-state index contributed by atoms with van der Waals surface area (Å²) in [5, 5.41) is 17.5. The topological polar surface area (TPSA) is 53.2 Å². The molecule has 1 N–H and O–H groups in total. The van der Waals surface area contributed by atoms with Crippen molar-refractivity contribution in [3.8, 4) is 6.07 Å². The number of alkyl halides is 1. The van der Waals surface area contributed by atoms with E-state index in [0.717, 1.165) is 17.3 Å². The van der Waals surface area contributed by atoms with Gasteiger partial charge in [-0.1, -0.05) is 22.6 Å². The zero-order valence-electron chi connectivity index (χ0n) is 6.03. The zero-order chi connectivity index (χ0) is 8.27. The lowest BCUT2D eigenvalue weighted by atomic mass is 10.1. The van der Waals surface area contributed by atoms with Crippen LogP contribution in [0, 0.1) is 11.3 Å². The van der Waals surface area contributed by atoms with E-state index in [9.17, 15) is 0 Å². The number of nitrogens with zero attached hydrogens (tertiary/aromatic N) is 1. The van der Waals surface area contributed by atoms with Gasteiger partial charge in [0.05, 0.1) is 18.3 Å². The summed E-state index contributed by atoms with van der Waals surface area (Å²) in [6.07, 6.45) is 0.820. The van der Waals surface area contributed by atoms with Crippen molar-refractivity contribution in [2.75, 3.05) is 4.43 Å². The number of nitriles is 1. The minimum atomic E-state index is -0.942. The number of halogens is 1. The Balaban J connectivity index is 2.36. The molecule has 1 aliphatic heterocycles. The van der Waals surface area contributed by atoms with Crippen molar-refractivity contribution in [2.45, 2.75) is 31.2 Å². The second-order valence-electron chi connectivity index (χ2n) is 2.60. The maximum atomic E-state index is 9.08. The van der Waals surface area contributed by atoms with Crippen molar-refractivity contribution in [2.24, 2.45) is 0 Å². The third-order valence-electron chi connectivity index (χ3n) is 1.80. The van der Waals surface area contributed by atoms with Gasteiger partial charge in [-0.05, 0) is 12.8 Å². The summed E-state index contributed by atoms with van der Waals surface area (Å²) in [7, 11) is 0. The molecule has 0 saturated carbocycles. The van der Waals surface area contributed by atoms with Gasteiger partial charge in [-0.2, -0.15) is 5.26 Å². The second-order valence-corrected chi connectivity index (χ2v) is 3.48. The standard InChI is InChI=1S/C7H10INO2/c8-3-5-1-2-7(11-5)6(10)4-9/h5-7,10H,1-3H2/t5-,6+,7+/m1/s1. The third kappa shape index (κ3) is 2.29. The lowest BCUT2D eigenvalue weighted by Gasteiger charge is -2.11. The van der Waals surface area contributed by atoms with Crippen LogP contribution < -0.4 is 0 Å². The first kappa shape index (κ1) is 9.23. The molecule has 4 heteroatoms. The van der Waals surface area contributed by atoms with Crippen LogP contribution in [-0.4, -0.2) is 27.8 Å². The Morgan fingerprint density at radius 3 is 2.91 bits per heavy atom. The fourth-order valence-corrected chi connectivity index (χ4v) is 1.81. The number of aliphatic hydroxyl groups excluding tert-OH is 1. The molecule has 0 radical (unpaired) electrons. The zero-order valence-corrected chi connectivity index (χ0v) is 8.19. The monoisotopic (exact) mass is 267 g/mol. The first-order valence-corrected chi connectivity index (χ1v) is 5.09. The van der Waals surface area contributed by atoms with E-state index in [4.69, 9.17) is 15.1 Å². The SMILES string of the molecule is N#C[C@H](O)[C@@H]1CC[C@H](CI)O1. The highest BCUT2D eigenvalue weighted by molar-refractivity contribution is 14.1. The summed E-state index contributed by atoms with van der Waals surface area (Å²) in [4.78, 5) is 0. The Morgan fingerprint density at radius 2 is 2.45 bits per heavy atom. The van der Waals surface area contributed by atoms with Gasteiger partial charge in [-0.25, -0.2) is 0 Å². The van der Waals surface area contributed by atoms with Gasteiger partial charge >= 0.3 is 0 Å². The van der Waals surface area contributed by atoms with Crippen molar-refractivity contribution in [3.63, 3.8) is 0 Å². The molecule has 1 rings (SSSR count).